The van der Waals surface area contributed by atoms with Crippen LogP contribution in [0.1, 0.15) is 22.3 Å². The van der Waals surface area contributed by atoms with Crippen LogP contribution in [0.25, 0.3) is 0 Å². The zero-order valence-electron chi connectivity index (χ0n) is 9.11. The van der Waals surface area contributed by atoms with E-state index in [9.17, 15) is 4.79 Å². The lowest BCUT2D eigenvalue weighted by atomic mass is 10.1. The minimum Gasteiger partial charge on any atom is -0.294 e. The third kappa shape index (κ3) is 3.26. The van der Waals surface area contributed by atoms with Crippen LogP contribution in [0.2, 0.25) is 0 Å². The zero-order chi connectivity index (χ0) is 12.4. The number of rotatable bonds is 4. The van der Waals surface area contributed by atoms with Gasteiger partial charge >= 0.3 is 0 Å². The first-order valence-electron chi connectivity index (χ1n) is 5.02. The molecule has 6 heteroatoms. The maximum Gasteiger partial charge on any atom is 0.165 e. The average Bonchev–Trinajstić information content (AvgIpc) is 2.81. The van der Waals surface area contributed by atoms with Gasteiger partial charge in [0, 0.05) is 25.2 Å². The second kappa shape index (κ2) is 5.46. The summed E-state index contributed by atoms with van der Waals surface area (Å²) in [6.45, 7) is 0. The molecule has 0 aliphatic rings. The molecule has 2 aromatic rings. The predicted octanol–water partition coefficient (Wildman–Crippen LogP) is 3.82. The first kappa shape index (κ1) is 13.0. The first-order chi connectivity index (χ1) is 8.06. The van der Waals surface area contributed by atoms with Crippen LogP contribution in [0, 0.1) is 0 Å². The largest absolute Gasteiger partial charge is 0.294 e. The molecule has 2 heterocycles. The second-order valence-corrected chi connectivity index (χ2v) is 7.43. The number of carbonyl (C=O) groups is 1. The van der Waals surface area contributed by atoms with E-state index in [0.29, 0.717) is 6.42 Å². The zero-order valence-corrected chi connectivity index (χ0v) is 13.1. The number of halogens is 2. The van der Waals surface area contributed by atoms with Gasteiger partial charge in [0.2, 0.25) is 0 Å². The molecule has 0 aliphatic carbocycles. The first-order valence-corrected chi connectivity index (χ1v) is 7.42. The standard InChI is InChI=1S/C11H10Br2N2OS/c1-15-6-7(5-14-15)2-3-9(16)8-4-10(12)17-11(8)13/h4-6H,2-3H2,1H3. The number of aromatic nitrogens is 2. The number of thiophene rings is 1. The molecule has 0 aromatic carbocycles. The predicted molar refractivity (Wildman–Crippen MR) is 75.6 cm³/mol. The summed E-state index contributed by atoms with van der Waals surface area (Å²) in [6.07, 6.45) is 4.97. The molecule has 0 fully saturated rings. The van der Waals surface area contributed by atoms with E-state index in [1.165, 1.54) is 11.3 Å². The van der Waals surface area contributed by atoms with Crippen LogP contribution in [-0.2, 0) is 13.5 Å². The highest BCUT2D eigenvalue weighted by Gasteiger charge is 2.13. The fourth-order valence-electron chi connectivity index (χ4n) is 1.52. The van der Waals surface area contributed by atoms with Crippen LogP contribution in [0.5, 0.6) is 0 Å². The Labute approximate surface area is 120 Å². The van der Waals surface area contributed by atoms with E-state index in [0.717, 1.165) is 25.1 Å². The van der Waals surface area contributed by atoms with E-state index in [1.54, 1.807) is 10.9 Å². The molecular formula is C11H10Br2N2OS. The van der Waals surface area contributed by atoms with Crippen molar-refractivity contribution in [2.24, 2.45) is 7.05 Å². The van der Waals surface area contributed by atoms with Gasteiger partial charge in [-0.3, -0.25) is 9.48 Å². The van der Waals surface area contributed by atoms with Crippen LogP contribution in [-0.4, -0.2) is 15.6 Å². The summed E-state index contributed by atoms with van der Waals surface area (Å²) in [4.78, 5) is 12.0. The Balaban J connectivity index is 2.00. The van der Waals surface area contributed by atoms with Crippen molar-refractivity contribution in [3.05, 3.63) is 37.2 Å². The molecule has 0 bridgehead atoms. The Hall–Kier alpha value is -0.460. The molecule has 0 N–H and O–H groups in total. The van der Waals surface area contributed by atoms with E-state index >= 15 is 0 Å². The van der Waals surface area contributed by atoms with Gasteiger partial charge in [-0.25, -0.2) is 0 Å². The number of aryl methyl sites for hydroxylation is 2. The maximum atomic E-state index is 12.0. The average molecular weight is 378 g/mol. The molecule has 0 radical (unpaired) electrons. The van der Waals surface area contributed by atoms with Gasteiger partial charge in [-0.15, -0.1) is 11.3 Å². The molecule has 3 nitrogen and oxygen atoms in total. The third-order valence-corrected chi connectivity index (χ3v) is 4.70. The summed E-state index contributed by atoms with van der Waals surface area (Å²) < 4.78 is 3.60. The molecule has 0 saturated carbocycles. The monoisotopic (exact) mass is 376 g/mol. The number of nitrogens with zero attached hydrogens (tertiary/aromatic N) is 2. The lowest BCUT2D eigenvalue weighted by molar-refractivity contribution is 0.0982. The summed E-state index contributed by atoms with van der Waals surface area (Å²) in [5.74, 6) is 0.155. The number of Topliss-reactive ketones (excluding diaryl/α,β-unsaturated/α-hetero) is 1. The summed E-state index contributed by atoms with van der Waals surface area (Å²) in [6, 6.07) is 1.86. The Kier molecular flexibility index (Phi) is 4.17. The normalized spacial score (nSPS) is 10.8. The summed E-state index contributed by atoms with van der Waals surface area (Å²) in [5.41, 5.74) is 1.84. The molecule has 90 valence electrons. The van der Waals surface area contributed by atoms with Gasteiger partial charge in [-0.05, 0) is 49.9 Å². The smallest absolute Gasteiger partial charge is 0.165 e. The number of ketones is 1. The van der Waals surface area contributed by atoms with Crippen LogP contribution in [0.4, 0.5) is 0 Å². The summed E-state index contributed by atoms with van der Waals surface area (Å²) in [7, 11) is 1.87. The highest BCUT2D eigenvalue weighted by atomic mass is 79.9. The van der Waals surface area contributed by atoms with E-state index in [-0.39, 0.29) is 5.78 Å². The van der Waals surface area contributed by atoms with Crippen molar-refractivity contribution in [1.82, 2.24) is 9.78 Å². The Morgan fingerprint density at radius 2 is 2.29 bits per heavy atom. The van der Waals surface area contributed by atoms with Gasteiger partial charge in [0.25, 0.3) is 0 Å². The van der Waals surface area contributed by atoms with E-state index in [4.69, 9.17) is 0 Å². The highest BCUT2D eigenvalue weighted by Crippen LogP contribution is 2.32. The van der Waals surface area contributed by atoms with Crippen LogP contribution >= 0.6 is 43.2 Å². The molecule has 0 spiro atoms. The molecule has 17 heavy (non-hydrogen) atoms. The van der Waals surface area contributed by atoms with Crippen molar-refractivity contribution in [3.8, 4) is 0 Å². The second-order valence-electron chi connectivity index (χ2n) is 3.68. The lowest BCUT2D eigenvalue weighted by Gasteiger charge is -1.97. The van der Waals surface area contributed by atoms with E-state index in [2.05, 4.69) is 37.0 Å². The fourth-order valence-corrected chi connectivity index (χ4v) is 4.38. The van der Waals surface area contributed by atoms with Gasteiger partial charge in [0.05, 0.1) is 13.8 Å². The van der Waals surface area contributed by atoms with Crippen LogP contribution in [0.3, 0.4) is 0 Å². The number of hydrogen-bond donors (Lipinski definition) is 0. The lowest BCUT2D eigenvalue weighted by Crippen LogP contribution is -1.99. The van der Waals surface area contributed by atoms with Gasteiger partial charge < -0.3 is 0 Å². The van der Waals surface area contributed by atoms with Crippen LogP contribution in [0.15, 0.2) is 26.0 Å². The Morgan fingerprint density at radius 3 is 2.82 bits per heavy atom. The minimum atomic E-state index is 0.155. The molecular weight excluding hydrogens is 368 g/mol. The molecule has 2 aromatic heterocycles. The summed E-state index contributed by atoms with van der Waals surface area (Å²) in [5, 5.41) is 4.08. The van der Waals surface area contributed by atoms with Crippen molar-refractivity contribution < 1.29 is 4.79 Å². The highest BCUT2D eigenvalue weighted by molar-refractivity contribution is 9.12. The van der Waals surface area contributed by atoms with Crippen molar-refractivity contribution in [1.29, 1.82) is 0 Å². The fraction of sp³-hybridized carbons (Fsp3) is 0.273. The van der Waals surface area contributed by atoms with Gasteiger partial charge in [0.1, 0.15) is 0 Å². The van der Waals surface area contributed by atoms with Crippen molar-refractivity contribution in [3.63, 3.8) is 0 Å². The molecule has 0 aliphatic heterocycles. The molecule has 0 saturated heterocycles. The van der Waals surface area contributed by atoms with E-state index < -0.39 is 0 Å². The van der Waals surface area contributed by atoms with Gasteiger partial charge in [-0.2, -0.15) is 5.10 Å². The van der Waals surface area contributed by atoms with Crippen molar-refractivity contribution in [2.75, 3.05) is 0 Å². The number of carbonyl (C=O) groups excluding carboxylic acids is 1. The van der Waals surface area contributed by atoms with Crippen LogP contribution < -0.4 is 0 Å². The Morgan fingerprint density at radius 1 is 1.53 bits per heavy atom. The molecule has 2 rings (SSSR count). The maximum absolute atomic E-state index is 12.0. The number of hydrogen-bond acceptors (Lipinski definition) is 3. The van der Waals surface area contributed by atoms with Gasteiger partial charge in [0.15, 0.2) is 5.78 Å². The quantitative estimate of drug-likeness (QED) is 0.759. The van der Waals surface area contributed by atoms with E-state index in [1.807, 2.05) is 19.3 Å². The van der Waals surface area contributed by atoms with Gasteiger partial charge in [-0.1, -0.05) is 0 Å². The Bertz CT molecular complexity index is 547. The third-order valence-electron chi connectivity index (χ3n) is 2.36. The topological polar surface area (TPSA) is 34.9 Å². The minimum absolute atomic E-state index is 0.155. The SMILES string of the molecule is Cn1cc(CCC(=O)c2cc(Br)sc2Br)cn1. The van der Waals surface area contributed by atoms with Crippen molar-refractivity contribution in [2.45, 2.75) is 12.8 Å². The molecule has 0 unspecified atom stereocenters. The molecule has 0 amide bonds. The molecule has 0 atom stereocenters. The summed E-state index contributed by atoms with van der Waals surface area (Å²) >= 11 is 8.29. The van der Waals surface area contributed by atoms with Crippen molar-refractivity contribution >= 4 is 49.0 Å².